The number of hydrogen-bond donors (Lipinski definition) is 3. The first-order valence-electron chi connectivity index (χ1n) is 11.5. The summed E-state index contributed by atoms with van der Waals surface area (Å²) in [4.78, 5) is 12.9. The third-order valence-corrected chi connectivity index (χ3v) is 4.68. The van der Waals surface area contributed by atoms with Crippen molar-refractivity contribution in [3.05, 3.63) is 71.6 Å². The average Bonchev–Trinajstić information content (AvgIpc) is 2.79. The van der Waals surface area contributed by atoms with Gasteiger partial charge in [-0.3, -0.25) is 0 Å². The van der Waals surface area contributed by atoms with E-state index >= 15 is 0 Å². The van der Waals surface area contributed by atoms with Crippen molar-refractivity contribution in [3.63, 3.8) is 0 Å². The number of aromatic nitrogens is 3. The highest BCUT2D eigenvalue weighted by molar-refractivity contribution is 6.03. The van der Waals surface area contributed by atoms with Gasteiger partial charge in [-0.2, -0.15) is 0 Å². The van der Waals surface area contributed by atoms with E-state index in [0.29, 0.717) is 29.5 Å². The van der Waals surface area contributed by atoms with Gasteiger partial charge >= 0.3 is 0 Å². The first-order chi connectivity index (χ1) is 16.3. The van der Waals surface area contributed by atoms with Crippen LogP contribution < -0.4 is 10.6 Å². The van der Waals surface area contributed by atoms with Crippen LogP contribution in [0.5, 0.6) is 0 Å². The van der Waals surface area contributed by atoms with E-state index in [9.17, 15) is 4.39 Å². The summed E-state index contributed by atoms with van der Waals surface area (Å²) in [7, 11) is 0. The molecule has 2 rings (SSSR count). The standard InChI is InChI=1S/C26H35FN6O/c1-7-9-10-11-12-21(19(6)34-8-2)22-13-23(29-16-24-30-14-20(27)15-31-24)26(32-17(3)4)25(33-22)18(5)28/h9-15,17,28,32H,7-8,16H2,1-6H3,(H,29,33)/b10-9+,12-11-,21-19-,28-18?. The predicted molar refractivity (Wildman–Crippen MR) is 138 cm³/mol. The molecule has 7 nitrogen and oxygen atoms in total. The molecule has 182 valence electrons. The maximum atomic E-state index is 13.2. The molecule has 0 radical (unpaired) electrons. The monoisotopic (exact) mass is 466 g/mol. The molecule has 8 heteroatoms. The molecule has 0 fully saturated rings. The number of pyridine rings is 1. The smallest absolute Gasteiger partial charge is 0.159 e. The Kier molecular flexibility index (Phi) is 10.4. The molecular formula is C26H35FN6O. The minimum absolute atomic E-state index is 0.118. The van der Waals surface area contributed by atoms with Gasteiger partial charge in [0.05, 0.1) is 48.3 Å². The second kappa shape index (κ2) is 13.2. The Balaban J connectivity index is 2.62. The lowest BCUT2D eigenvalue weighted by molar-refractivity contribution is 0.233. The van der Waals surface area contributed by atoms with Crippen molar-refractivity contribution in [2.75, 3.05) is 17.2 Å². The van der Waals surface area contributed by atoms with Crippen molar-refractivity contribution in [1.29, 1.82) is 5.41 Å². The first-order valence-corrected chi connectivity index (χ1v) is 11.5. The first kappa shape index (κ1) is 26.7. The molecule has 0 aliphatic heterocycles. The normalized spacial score (nSPS) is 12.4. The van der Waals surface area contributed by atoms with E-state index in [1.54, 1.807) is 6.92 Å². The molecule has 3 N–H and O–H groups in total. The number of anilines is 2. The van der Waals surface area contributed by atoms with Crippen molar-refractivity contribution < 1.29 is 9.13 Å². The van der Waals surface area contributed by atoms with Gasteiger partial charge in [0, 0.05) is 11.6 Å². The van der Waals surface area contributed by atoms with Crippen LogP contribution in [-0.2, 0) is 11.3 Å². The molecule has 2 aromatic heterocycles. The van der Waals surface area contributed by atoms with Crippen LogP contribution >= 0.6 is 0 Å². The van der Waals surface area contributed by atoms with Crippen molar-refractivity contribution in [3.8, 4) is 0 Å². The SMILES string of the molecule is CC/C=C/C=C\C(=C(/C)OCC)c1cc(NCc2ncc(F)cn2)c(NC(C)C)c(C(C)=N)n1. The van der Waals surface area contributed by atoms with Crippen LogP contribution in [0.2, 0.25) is 0 Å². The molecule has 0 aliphatic carbocycles. The van der Waals surface area contributed by atoms with E-state index in [0.717, 1.165) is 41.5 Å². The van der Waals surface area contributed by atoms with Crippen molar-refractivity contribution in [2.24, 2.45) is 0 Å². The van der Waals surface area contributed by atoms with Crippen molar-refractivity contribution in [1.82, 2.24) is 15.0 Å². The largest absolute Gasteiger partial charge is 0.498 e. The van der Waals surface area contributed by atoms with E-state index in [1.807, 2.05) is 52.0 Å². The minimum atomic E-state index is -0.482. The van der Waals surface area contributed by atoms with Gasteiger partial charge in [0.1, 0.15) is 17.3 Å². The summed E-state index contributed by atoms with van der Waals surface area (Å²) in [5, 5.41) is 15.1. The molecular weight excluding hydrogens is 431 g/mol. The predicted octanol–water partition coefficient (Wildman–Crippen LogP) is 6.12. The summed E-state index contributed by atoms with van der Waals surface area (Å²) in [6, 6.07) is 2.04. The molecule has 0 atom stereocenters. The molecule has 0 spiro atoms. The highest BCUT2D eigenvalue weighted by Crippen LogP contribution is 2.32. The van der Waals surface area contributed by atoms with Crippen LogP contribution in [-0.4, -0.2) is 33.3 Å². The fourth-order valence-corrected chi connectivity index (χ4v) is 3.18. The maximum absolute atomic E-state index is 13.2. The van der Waals surface area contributed by atoms with E-state index in [-0.39, 0.29) is 12.6 Å². The van der Waals surface area contributed by atoms with E-state index in [4.69, 9.17) is 15.1 Å². The Bertz CT molecular complexity index is 1060. The van der Waals surface area contributed by atoms with E-state index in [1.165, 1.54) is 0 Å². The number of nitrogens with zero attached hydrogens (tertiary/aromatic N) is 3. The molecule has 2 aromatic rings. The van der Waals surface area contributed by atoms with Crippen LogP contribution in [0.1, 0.15) is 65.2 Å². The van der Waals surface area contributed by atoms with Crippen LogP contribution in [0.15, 0.2) is 48.5 Å². The molecule has 2 heterocycles. The Morgan fingerprint density at radius 2 is 1.88 bits per heavy atom. The molecule has 0 amide bonds. The van der Waals surface area contributed by atoms with Gasteiger partial charge in [-0.25, -0.2) is 19.3 Å². The third kappa shape index (κ3) is 7.79. The van der Waals surface area contributed by atoms with E-state index < -0.39 is 5.82 Å². The molecule has 0 aliphatic rings. The van der Waals surface area contributed by atoms with Gasteiger partial charge in [-0.15, -0.1) is 0 Å². The fraction of sp³-hybridized carbons (Fsp3) is 0.385. The fourth-order valence-electron chi connectivity index (χ4n) is 3.18. The number of ether oxygens (including phenoxy) is 1. The topological polar surface area (TPSA) is 95.8 Å². The number of hydrogen-bond acceptors (Lipinski definition) is 7. The number of rotatable bonds is 12. The maximum Gasteiger partial charge on any atom is 0.159 e. The Morgan fingerprint density at radius 3 is 2.47 bits per heavy atom. The highest BCUT2D eigenvalue weighted by atomic mass is 19.1. The lowest BCUT2D eigenvalue weighted by Crippen LogP contribution is -2.18. The van der Waals surface area contributed by atoms with Crippen LogP contribution in [0.25, 0.3) is 5.57 Å². The Labute approximate surface area is 201 Å². The zero-order valence-corrected chi connectivity index (χ0v) is 20.9. The van der Waals surface area contributed by atoms with Crippen LogP contribution in [0, 0.1) is 11.2 Å². The Morgan fingerprint density at radius 1 is 1.18 bits per heavy atom. The molecule has 0 saturated heterocycles. The highest BCUT2D eigenvalue weighted by Gasteiger charge is 2.18. The quantitative estimate of drug-likeness (QED) is 0.198. The van der Waals surface area contributed by atoms with Gasteiger partial charge in [-0.05, 0) is 53.2 Å². The summed E-state index contributed by atoms with van der Waals surface area (Å²) in [6.07, 6.45) is 11.2. The van der Waals surface area contributed by atoms with Gasteiger partial charge < -0.3 is 20.8 Å². The van der Waals surface area contributed by atoms with Crippen molar-refractivity contribution >= 4 is 22.7 Å². The summed E-state index contributed by atoms with van der Waals surface area (Å²) in [5.74, 6) is 0.709. The van der Waals surface area contributed by atoms with Gasteiger partial charge in [0.2, 0.25) is 0 Å². The van der Waals surface area contributed by atoms with E-state index in [2.05, 4.69) is 33.6 Å². The summed E-state index contributed by atoms with van der Waals surface area (Å²) in [5.41, 5.74) is 3.82. The zero-order valence-electron chi connectivity index (χ0n) is 20.9. The summed E-state index contributed by atoms with van der Waals surface area (Å²) < 4.78 is 19.0. The zero-order chi connectivity index (χ0) is 25.1. The van der Waals surface area contributed by atoms with Gasteiger partial charge in [-0.1, -0.05) is 25.2 Å². The van der Waals surface area contributed by atoms with Crippen LogP contribution in [0.3, 0.4) is 0 Å². The second-order valence-corrected chi connectivity index (χ2v) is 7.97. The lowest BCUT2D eigenvalue weighted by Gasteiger charge is -2.21. The van der Waals surface area contributed by atoms with Gasteiger partial charge in [0.15, 0.2) is 5.82 Å². The molecule has 34 heavy (non-hydrogen) atoms. The number of nitrogens with one attached hydrogen (secondary N) is 3. The number of halogens is 1. The number of allylic oxidation sites excluding steroid dienone is 6. The molecule has 0 unspecified atom stereocenters. The lowest BCUT2D eigenvalue weighted by atomic mass is 10.1. The molecule has 0 bridgehead atoms. The summed E-state index contributed by atoms with van der Waals surface area (Å²) in [6.45, 7) is 12.5. The minimum Gasteiger partial charge on any atom is -0.498 e. The molecule has 0 saturated carbocycles. The summed E-state index contributed by atoms with van der Waals surface area (Å²) >= 11 is 0. The second-order valence-electron chi connectivity index (χ2n) is 7.97. The molecule has 0 aromatic carbocycles. The average molecular weight is 467 g/mol. The van der Waals surface area contributed by atoms with Gasteiger partial charge in [0.25, 0.3) is 0 Å². The van der Waals surface area contributed by atoms with Crippen molar-refractivity contribution in [2.45, 2.75) is 60.5 Å². The van der Waals surface area contributed by atoms with Crippen LogP contribution in [0.4, 0.5) is 15.8 Å². The Hall–Kier alpha value is -3.55. The third-order valence-electron chi connectivity index (χ3n) is 4.68.